The molecule has 0 spiro atoms. The average molecular weight is 475 g/mol. The highest BCUT2D eigenvalue weighted by atomic mass is 16.5. The molecule has 1 N–H and O–H groups in total. The van der Waals surface area contributed by atoms with Gasteiger partial charge < -0.3 is 23.9 Å². The summed E-state index contributed by atoms with van der Waals surface area (Å²) in [4.78, 5) is 30.7. The van der Waals surface area contributed by atoms with Crippen molar-refractivity contribution in [3.05, 3.63) is 75.7 Å². The van der Waals surface area contributed by atoms with Gasteiger partial charge >= 0.3 is 0 Å². The zero-order valence-corrected chi connectivity index (χ0v) is 20.2. The number of ether oxygens (including phenoxy) is 2. The molecule has 2 heterocycles. The van der Waals surface area contributed by atoms with Crippen molar-refractivity contribution in [1.29, 1.82) is 0 Å². The molecule has 0 unspecified atom stereocenters. The van der Waals surface area contributed by atoms with E-state index < -0.39 is 5.56 Å². The summed E-state index contributed by atoms with van der Waals surface area (Å²) >= 11 is 0. The Bertz CT molecular complexity index is 1440. The van der Waals surface area contributed by atoms with Gasteiger partial charge in [0.2, 0.25) is 11.7 Å². The van der Waals surface area contributed by atoms with E-state index in [2.05, 4.69) is 15.5 Å². The Balaban J connectivity index is 1.64. The van der Waals surface area contributed by atoms with Crippen LogP contribution in [0.2, 0.25) is 0 Å². The molecule has 2 aromatic carbocycles. The van der Waals surface area contributed by atoms with Crippen LogP contribution in [-0.2, 0) is 11.3 Å². The van der Waals surface area contributed by atoms with Crippen LogP contribution >= 0.6 is 0 Å². The highest BCUT2D eigenvalue weighted by Crippen LogP contribution is 2.26. The van der Waals surface area contributed by atoms with Crippen LogP contribution in [0.3, 0.4) is 0 Å². The third-order valence-corrected chi connectivity index (χ3v) is 5.62. The number of methoxy groups -OCH3 is 2. The van der Waals surface area contributed by atoms with Gasteiger partial charge in [-0.2, -0.15) is 4.98 Å². The topological polar surface area (TPSA) is 108 Å². The molecule has 9 nitrogen and oxygen atoms in total. The summed E-state index contributed by atoms with van der Waals surface area (Å²) in [5.74, 6) is 1.31. The molecule has 0 atom stereocenters. The quantitative estimate of drug-likeness (QED) is 0.429. The van der Waals surface area contributed by atoms with E-state index in [1.807, 2.05) is 25.1 Å². The molecule has 0 radical (unpaired) electrons. The van der Waals surface area contributed by atoms with E-state index >= 15 is 0 Å². The minimum Gasteiger partial charge on any atom is -0.497 e. The number of hydrogen-bond acceptors (Lipinski definition) is 7. The number of nitrogens with zero attached hydrogens (tertiary/aromatic N) is 3. The maximum Gasteiger partial charge on any atom is 0.264 e. The minimum absolute atomic E-state index is 0.0906. The molecule has 0 saturated heterocycles. The normalized spacial score (nSPS) is 10.8. The first-order valence-electron chi connectivity index (χ1n) is 10.9. The summed E-state index contributed by atoms with van der Waals surface area (Å²) in [7, 11) is 3.12. The van der Waals surface area contributed by atoms with E-state index in [4.69, 9.17) is 14.0 Å². The van der Waals surface area contributed by atoms with Gasteiger partial charge in [-0.25, -0.2) is 0 Å². The van der Waals surface area contributed by atoms with Crippen LogP contribution in [-0.4, -0.2) is 34.8 Å². The van der Waals surface area contributed by atoms with Gasteiger partial charge in [0.15, 0.2) is 0 Å². The lowest BCUT2D eigenvalue weighted by Gasteiger charge is -2.14. The number of pyridine rings is 1. The highest BCUT2D eigenvalue weighted by Gasteiger charge is 2.20. The lowest BCUT2D eigenvalue weighted by Crippen LogP contribution is -2.30. The molecule has 35 heavy (non-hydrogen) atoms. The average Bonchev–Trinajstić information content (AvgIpc) is 3.31. The van der Waals surface area contributed by atoms with Gasteiger partial charge in [-0.05, 0) is 74.4 Å². The number of benzene rings is 2. The number of amides is 1. The fraction of sp³-hybridized carbons (Fsp3) is 0.231. The van der Waals surface area contributed by atoms with Crippen LogP contribution in [0, 0.1) is 20.8 Å². The van der Waals surface area contributed by atoms with Gasteiger partial charge in [-0.15, -0.1) is 0 Å². The van der Waals surface area contributed by atoms with Crippen LogP contribution in [0.5, 0.6) is 11.5 Å². The van der Waals surface area contributed by atoms with Crippen molar-refractivity contribution in [2.24, 2.45) is 0 Å². The highest BCUT2D eigenvalue weighted by molar-refractivity contribution is 5.92. The third-order valence-electron chi connectivity index (χ3n) is 5.62. The minimum atomic E-state index is -0.390. The number of carbonyl (C=O) groups is 1. The van der Waals surface area contributed by atoms with Gasteiger partial charge in [0, 0.05) is 11.3 Å². The predicted octanol–water partition coefficient (Wildman–Crippen LogP) is 4.15. The number of aryl methyl sites for hydroxylation is 3. The van der Waals surface area contributed by atoms with Gasteiger partial charge in [0.05, 0.1) is 19.9 Å². The summed E-state index contributed by atoms with van der Waals surface area (Å²) < 4.78 is 17.3. The largest absolute Gasteiger partial charge is 0.497 e. The van der Waals surface area contributed by atoms with Crippen LogP contribution in [0.4, 0.5) is 5.69 Å². The Morgan fingerprint density at radius 1 is 1.03 bits per heavy atom. The number of hydrogen-bond donors (Lipinski definition) is 1. The van der Waals surface area contributed by atoms with Crippen molar-refractivity contribution < 1.29 is 18.8 Å². The fourth-order valence-corrected chi connectivity index (χ4v) is 3.82. The summed E-state index contributed by atoms with van der Waals surface area (Å²) in [5.41, 5.74) is 3.40. The Hall–Kier alpha value is -4.40. The SMILES string of the molecule is COc1ccc(-c2noc(-c3c(C)cc(C)n(CC(=O)Nc4cc(C)ccc4OC)c3=O)n2)cc1. The molecular weight excluding hydrogens is 448 g/mol. The maximum absolute atomic E-state index is 13.4. The second-order valence-corrected chi connectivity index (χ2v) is 8.14. The van der Waals surface area contributed by atoms with Gasteiger partial charge in [-0.1, -0.05) is 11.2 Å². The third kappa shape index (κ3) is 4.93. The lowest BCUT2D eigenvalue weighted by atomic mass is 10.1. The standard InChI is InChI=1S/C26H26N4O5/c1-15-6-11-21(34-5)20(12-15)27-22(31)14-30-17(3)13-16(2)23(26(30)32)25-28-24(29-35-25)18-7-9-19(33-4)10-8-18/h6-13H,14H2,1-5H3,(H,27,31). The Labute approximate surface area is 202 Å². The first kappa shape index (κ1) is 23.7. The Morgan fingerprint density at radius 3 is 2.46 bits per heavy atom. The van der Waals surface area contributed by atoms with Gasteiger partial charge in [0.25, 0.3) is 11.4 Å². The zero-order chi connectivity index (χ0) is 25.1. The van der Waals surface area contributed by atoms with Crippen LogP contribution in [0.25, 0.3) is 22.8 Å². The smallest absolute Gasteiger partial charge is 0.264 e. The lowest BCUT2D eigenvalue weighted by molar-refractivity contribution is -0.116. The Kier molecular flexibility index (Phi) is 6.68. The monoisotopic (exact) mass is 474 g/mol. The number of rotatable bonds is 7. The molecule has 0 saturated carbocycles. The van der Waals surface area contributed by atoms with E-state index in [0.717, 1.165) is 11.1 Å². The van der Waals surface area contributed by atoms with Crippen molar-refractivity contribution in [2.75, 3.05) is 19.5 Å². The van der Waals surface area contributed by atoms with E-state index in [1.165, 1.54) is 11.7 Å². The molecule has 4 rings (SSSR count). The molecular formula is C26H26N4O5. The molecule has 4 aromatic rings. The predicted molar refractivity (Wildman–Crippen MR) is 132 cm³/mol. The molecule has 180 valence electrons. The van der Waals surface area contributed by atoms with Crippen LogP contribution in [0.15, 0.2) is 57.8 Å². The molecule has 0 aliphatic carbocycles. The molecule has 0 fully saturated rings. The molecule has 0 aliphatic heterocycles. The second kappa shape index (κ2) is 9.84. The van der Waals surface area contributed by atoms with Crippen molar-refractivity contribution in [1.82, 2.24) is 14.7 Å². The van der Waals surface area contributed by atoms with Crippen molar-refractivity contribution in [3.63, 3.8) is 0 Å². The molecule has 0 aliphatic rings. The number of nitrogens with one attached hydrogen (secondary N) is 1. The maximum atomic E-state index is 13.4. The van der Waals surface area contributed by atoms with Crippen LogP contribution in [0.1, 0.15) is 16.8 Å². The number of carbonyl (C=O) groups excluding carboxylic acids is 1. The first-order chi connectivity index (χ1) is 16.8. The Morgan fingerprint density at radius 2 is 1.77 bits per heavy atom. The molecule has 2 aromatic heterocycles. The molecule has 9 heteroatoms. The van der Waals surface area contributed by atoms with E-state index in [1.54, 1.807) is 51.3 Å². The first-order valence-corrected chi connectivity index (χ1v) is 10.9. The van der Waals surface area contributed by atoms with Crippen molar-refractivity contribution in [2.45, 2.75) is 27.3 Å². The van der Waals surface area contributed by atoms with E-state index in [-0.39, 0.29) is 23.9 Å². The van der Waals surface area contributed by atoms with Crippen LogP contribution < -0.4 is 20.3 Å². The van der Waals surface area contributed by atoms with E-state index in [9.17, 15) is 9.59 Å². The summed E-state index contributed by atoms with van der Waals surface area (Å²) in [5, 5.41) is 6.86. The number of aromatic nitrogens is 3. The van der Waals surface area contributed by atoms with E-state index in [0.29, 0.717) is 34.3 Å². The van der Waals surface area contributed by atoms with Gasteiger partial charge in [0.1, 0.15) is 23.6 Å². The summed E-state index contributed by atoms with van der Waals surface area (Å²) in [6.07, 6.45) is 0. The van der Waals surface area contributed by atoms with Crippen molar-refractivity contribution in [3.8, 4) is 34.3 Å². The fourth-order valence-electron chi connectivity index (χ4n) is 3.82. The molecule has 0 bridgehead atoms. The summed E-state index contributed by atoms with van der Waals surface area (Å²) in [6.45, 7) is 5.30. The molecule has 1 amide bonds. The summed E-state index contributed by atoms with van der Waals surface area (Å²) in [6, 6.07) is 14.5. The van der Waals surface area contributed by atoms with Gasteiger partial charge in [-0.3, -0.25) is 9.59 Å². The second-order valence-electron chi connectivity index (χ2n) is 8.14. The van der Waals surface area contributed by atoms with Crippen molar-refractivity contribution >= 4 is 11.6 Å². The number of anilines is 1. The zero-order valence-electron chi connectivity index (χ0n) is 20.2.